The maximum atomic E-state index is 13.8. The van der Waals surface area contributed by atoms with E-state index in [0.29, 0.717) is 23.1 Å². The first-order valence-electron chi connectivity index (χ1n) is 10.5. The summed E-state index contributed by atoms with van der Waals surface area (Å²) >= 11 is 1.50. The second kappa shape index (κ2) is 10.3. The highest BCUT2D eigenvalue weighted by Gasteiger charge is 2.26. The fraction of sp³-hybridized carbons (Fsp3) is 0.348. The minimum atomic E-state index is -0.0885. The molecular weight excluding hydrogens is 446 g/mol. The van der Waals surface area contributed by atoms with Gasteiger partial charge in [0.05, 0.1) is 23.0 Å². The summed E-state index contributed by atoms with van der Waals surface area (Å²) in [5, 5.41) is 0.686. The van der Waals surface area contributed by atoms with E-state index in [1.165, 1.54) is 11.3 Å². The molecule has 1 amide bonds. The van der Waals surface area contributed by atoms with Crippen LogP contribution in [0.2, 0.25) is 0 Å². The molecule has 170 valence electrons. The molecule has 0 spiro atoms. The number of likely N-dealkylation sites (N-methyl/N-ethyl adjacent to an activating group) is 1. The fourth-order valence-corrected chi connectivity index (χ4v) is 4.72. The number of hydrogen-bond donors (Lipinski definition) is 0. The molecule has 0 aliphatic rings. The number of thiazole rings is 1. The van der Waals surface area contributed by atoms with Gasteiger partial charge in [-0.3, -0.25) is 14.1 Å². The van der Waals surface area contributed by atoms with Crippen molar-refractivity contribution in [2.45, 2.75) is 20.8 Å². The van der Waals surface area contributed by atoms with Gasteiger partial charge in [0.1, 0.15) is 17.1 Å². The minimum absolute atomic E-state index is 0. The van der Waals surface area contributed by atoms with Gasteiger partial charge in [0, 0.05) is 19.3 Å². The van der Waals surface area contributed by atoms with Crippen LogP contribution in [0.1, 0.15) is 30.0 Å². The summed E-state index contributed by atoms with van der Waals surface area (Å²) in [5.41, 5.74) is 2.91. The minimum Gasteiger partial charge on any atom is -0.497 e. The Morgan fingerprint density at radius 1 is 1.12 bits per heavy atom. The summed E-state index contributed by atoms with van der Waals surface area (Å²) in [5.74, 6) is 0.690. The van der Waals surface area contributed by atoms with Gasteiger partial charge in [-0.25, -0.2) is 9.97 Å². The highest BCUT2D eigenvalue weighted by atomic mass is 35.5. The Morgan fingerprint density at radius 3 is 2.62 bits per heavy atom. The van der Waals surface area contributed by atoms with Gasteiger partial charge in [0.15, 0.2) is 5.13 Å². The zero-order valence-corrected chi connectivity index (χ0v) is 20.4. The zero-order chi connectivity index (χ0) is 22.0. The summed E-state index contributed by atoms with van der Waals surface area (Å²) in [4.78, 5) is 27.3. The molecule has 7 nitrogen and oxygen atoms in total. The number of aromatic nitrogens is 3. The molecule has 3 aromatic heterocycles. The zero-order valence-electron chi connectivity index (χ0n) is 18.7. The van der Waals surface area contributed by atoms with Gasteiger partial charge in [-0.1, -0.05) is 31.3 Å². The molecular formula is C23H28ClN5O2S. The van der Waals surface area contributed by atoms with Crippen LogP contribution in [0, 0.1) is 6.92 Å². The predicted molar refractivity (Wildman–Crippen MR) is 133 cm³/mol. The van der Waals surface area contributed by atoms with Gasteiger partial charge in [-0.05, 0) is 50.3 Å². The van der Waals surface area contributed by atoms with E-state index in [-0.39, 0.29) is 18.3 Å². The van der Waals surface area contributed by atoms with Crippen molar-refractivity contribution in [3.63, 3.8) is 0 Å². The SMILES string of the molecule is CCN(CC)CCN(C(=O)c1c(C)nc2ccccn12)c1nc2ccc(OC)cc2s1.Cl. The van der Waals surface area contributed by atoms with E-state index in [9.17, 15) is 4.79 Å². The van der Waals surface area contributed by atoms with E-state index in [1.54, 1.807) is 12.0 Å². The van der Waals surface area contributed by atoms with Gasteiger partial charge in [-0.2, -0.15) is 0 Å². The number of rotatable bonds is 8. The van der Waals surface area contributed by atoms with Gasteiger partial charge in [0.25, 0.3) is 5.91 Å². The summed E-state index contributed by atoms with van der Waals surface area (Å²) < 4.78 is 8.20. The van der Waals surface area contributed by atoms with E-state index in [0.717, 1.165) is 41.2 Å². The van der Waals surface area contributed by atoms with Crippen molar-refractivity contribution >= 4 is 50.6 Å². The second-order valence-electron chi connectivity index (χ2n) is 7.29. The van der Waals surface area contributed by atoms with E-state index < -0.39 is 0 Å². The van der Waals surface area contributed by atoms with Crippen molar-refractivity contribution in [2.75, 3.05) is 38.2 Å². The van der Waals surface area contributed by atoms with E-state index in [4.69, 9.17) is 9.72 Å². The molecule has 4 aromatic rings. The molecule has 3 heterocycles. The Labute approximate surface area is 198 Å². The van der Waals surface area contributed by atoms with Crippen molar-refractivity contribution in [1.82, 2.24) is 19.3 Å². The van der Waals surface area contributed by atoms with Crippen molar-refractivity contribution in [2.24, 2.45) is 0 Å². The number of fused-ring (bicyclic) bond motifs is 2. The summed E-state index contributed by atoms with van der Waals surface area (Å²) in [6, 6.07) is 11.5. The standard InChI is InChI=1S/C23H27N5O2S.ClH/c1-5-26(6-2)13-14-28(23-25-18-11-10-17(30-4)15-19(18)31-23)22(29)21-16(3)24-20-9-7-8-12-27(20)21;/h7-12,15H,5-6,13-14H2,1-4H3;1H. The first kappa shape index (κ1) is 24.0. The average Bonchev–Trinajstić information content (AvgIpc) is 3.35. The number of hydrogen-bond acceptors (Lipinski definition) is 6. The Kier molecular flexibility index (Phi) is 7.71. The quantitative estimate of drug-likeness (QED) is 0.372. The number of aryl methyl sites for hydroxylation is 1. The first-order valence-corrected chi connectivity index (χ1v) is 11.3. The first-order chi connectivity index (χ1) is 15.0. The van der Waals surface area contributed by atoms with Gasteiger partial charge in [0.2, 0.25) is 0 Å². The van der Waals surface area contributed by atoms with Crippen molar-refractivity contribution in [1.29, 1.82) is 0 Å². The lowest BCUT2D eigenvalue weighted by atomic mass is 10.3. The Hall–Kier alpha value is -2.68. The number of carbonyl (C=O) groups is 1. The molecule has 32 heavy (non-hydrogen) atoms. The maximum absolute atomic E-state index is 13.8. The van der Waals surface area contributed by atoms with Gasteiger partial charge in [-0.15, -0.1) is 12.4 Å². The summed E-state index contributed by atoms with van der Waals surface area (Å²) in [7, 11) is 1.65. The number of carbonyl (C=O) groups excluding carboxylic acids is 1. The van der Waals surface area contributed by atoms with Crippen molar-refractivity contribution in [3.8, 4) is 5.75 Å². The van der Waals surface area contributed by atoms with Crippen LogP contribution in [0.5, 0.6) is 5.75 Å². The van der Waals surface area contributed by atoms with Crippen LogP contribution in [0.3, 0.4) is 0 Å². The molecule has 0 bridgehead atoms. The number of imidazole rings is 1. The van der Waals surface area contributed by atoms with Gasteiger partial charge >= 0.3 is 0 Å². The molecule has 0 atom stereocenters. The number of halogens is 1. The van der Waals surface area contributed by atoms with Crippen LogP contribution in [-0.4, -0.2) is 58.5 Å². The molecule has 0 fully saturated rings. The summed E-state index contributed by atoms with van der Waals surface area (Å²) in [6.07, 6.45) is 1.88. The molecule has 4 rings (SSSR count). The number of amides is 1. The summed E-state index contributed by atoms with van der Waals surface area (Å²) in [6.45, 7) is 9.34. The number of ether oxygens (including phenoxy) is 1. The molecule has 0 N–H and O–H groups in total. The molecule has 0 aliphatic carbocycles. The number of pyridine rings is 1. The lowest BCUT2D eigenvalue weighted by molar-refractivity contribution is 0.0977. The third-order valence-corrected chi connectivity index (χ3v) is 6.54. The fourth-order valence-electron chi connectivity index (χ4n) is 3.70. The average molecular weight is 474 g/mol. The normalized spacial score (nSPS) is 11.2. The molecule has 0 saturated heterocycles. The Balaban J connectivity index is 0.00000289. The van der Waals surface area contributed by atoms with E-state index in [2.05, 4.69) is 23.7 Å². The van der Waals surface area contributed by atoms with Gasteiger partial charge < -0.3 is 9.64 Å². The van der Waals surface area contributed by atoms with Crippen LogP contribution in [0.4, 0.5) is 5.13 Å². The monoisotopic (exact) mass is 473 g/mol. The van der Waals surface area contributed by atoms with E-state index in [1.807, 2.05) is 53.9 Å². The molecule has 0 radical (unpaired) electrons. The third-order valence-electron chi connectivity index (χ3n) is 5.50. The van der Waals surface area contributed by atoms with Crippen LogP contribution in [0.15, 0.2) is 42.6 Å². The Bertz CT molecular complexity index is 1220. The lowest BCUT2D eigenvalue weighted by Gasteiger charge is -2.24. The largest absolute Gasteiger partial charge is 0.497 e. The van der Waals surface area contributed by atoms with E-state index >= 15 is 0 Å². The highest BCUT2D eigenvalue weighted by molar-refractivity contribution is 7.22. The number of nitrogens with zero attached hydrogens (tertiary/aromatic N) is 5. The molecule has 1 aromatic carbocycles. The van der Waals surface area contributed by atoms with Crippen molar-refractivity contribution < 1.29 is 9.53 Å². The van der Waals surface area contributed by atoms with Crippen LogP contribution in [-0.2, 0) is 0 Å². The molecule has 0 saturated carbocycles. The Morgan fingerprint density at radius 2 is 1.91 bits per heavy atom. The van der Waals surface area contributed by atoms with Crippen LogP contribution in [0.25, 0.3) is 15.9 Å². The van der Waals surface area contributed by atoms with Crippen molar-refractivity contribution in [3.05, 3.63) is 54.0 Å². The van der Waals surface area contributed by atoms with Crippen LogP contribution < -0.4 is 9.64 Å². The number of benzene rings is 1. The number of anilines is 1. The molecule has 0 aliphatic heterocycles. The topological polar surface area (TPSA) is 63.0 Å². The predicted octanol–water partition coefficient (Wildman–Crippen LogP) is 4.67. The lowest BCUT2D eigenvalue weighted by Crippen LogP contribution is -2.39. The smallest absolute Gasteiger partial charge is 0.279 e. The maximum Gasteiger partial charge on any atom is 0.279 e. The third kappa shape index (κ3) is 4.57. The number of methoxy groups -OCH3 is 1. The molecule has 0 unspecified atom stereocenters. The van der Waals surface area contributed by atoms with Crippen LogP contribution >= 0.6 is 23.7 Å². The second-order valence-corrected chi connectivity index (χ2v) is 8.30. The highest BCUT2D eigenvalue weighted by Crippen LogP contribution is 2.32. The molecule has 9 heteroatoms.